The minimum atomic E-state index is -0.331. The molecule has 2 amide bonds. The van der Waals surface area contributed by atoms with E-state index in [1.807, 2.05) is 31.2 Å². The second-order valence-electron chi connectivity index (χ2n) is 7.37. The molecule has 0 saturated carbocycles. The predicted molar refractivity (Wildman–Crippen MR) is 111 cm³/mol. The van der Waals surface area contributed by atoms with Gasteiger partial charge in [-0.05, 0) is 36.8 Å². The second kappa shape index (κ2) is 10.1. The Balaban J connectivity index is 1.34. The zero-order chi connectivity index (χ0) is 20.6. The minimum Gasteiger partial charge on any atom is -0.351 e. The van der Waals surface area contributed by atoms with Gasteiger partial charge in [0.05, 0.1) is 13.1 Å². The maximum absolute atomic E-state index is 12.9. The summed E-state index contributed by atoms with van der Waals surface area (Å²) in [5.74, 6) is -0.448. The van der Waals surface area contributed by atoms with Crippen molar-refractivity contribution in [2.24, 2.45) is 0 Å². The third-order valence-electron chi connectivity index (χ3n) is 4.94. The molecule has 0 bridgehead atoms. The Labute approximate surface area is 170 Å². The molecule has 1 aliphatic heterocycles. The van der Waals surface area contributed by atoms with E-state index in [0.29, 0.717) is 18.8 Å². The Morgan fingerprint density at radius 2 is 1.41 bits per heavy atom. The highest BCUT2D eigenvalue weighted by Gasteiger charge is 2.20. The molecular formula is C22H27FN4O2. The van der Waals surface area contributed by atoms with Crippen LogP contribution in [0.3, 0.4) is 0 Å². The van der Waals surface area contributed by atoms with Crippen molar-refractivity contribution in [3.63, 3.8) is 0 Å². The van der Waals surface area contributed by atoms with Crippen molar-refractivity contribution in [3.05, 3.63) is 65.5 Å². The molecular weight excluding hydrogens is 371 g/mol. The van der Waals surface area contributed by atoms with E-state index in [2.05, 4.69) is 20.4 Å². The standard InChI is InChI=1S/C22H27FN4O2/c1-17-2-4-18(5-3-17)14-24-21(28)15-26-10-12-27(13-11-26)16-22(29)25-20-8-6-19(23)7-9-20/h2-9H,10-16H2,1H3,(H,24,28)(H,25,29). The van der Waals surface area contributed by atoms with E-state index in [1.54, 1.807) is 12.1 Å². The number of rotatable bonds is 7. The lowest BCUT2D eigenvalue weighted by atomic mass is 10.1. The summed E-state index contributed by atoms with van der Waals surface area (Å²) >= 11 is 0. The average Bonchev–Trinajstić information content (AvgIpc) is 2.71. The van der Waals surface area contributed by atoms with Crippen molar-refractivity contribution in [2.75, 3.05) is 44.6 Å². The van der Waals surface area contributed by atoms with Gasteiger partial charge in [0, 0.05) is 38.4 Å². The van der Waals surface area contributed by atoms with Crippen LogP contribution in [-0.4, -0.2) is 60.9 Å². The molecule has 154 valence electrons. The Bertz CT molecular complexity index is 816. The quantitative estimate of drug-likeness (QED) is 0.749. The van der Waals surface area contributed by atoms with E-state index in [4.69, 9.17) is 0 Å². The fourth-order valence-electron chi connectivity index (χ4n) is 3.21. The fraction of sp³-hybridized carbons (Fsp3) is 0.364. The number of amides is 2. The maximum Gasteiger partial charge on any atom is 0.238 e. The summed E-state index contributed by atoms with van der Waals surface area (Å²) < 4.78 is 12.9. The molecule has 0 atom stereocenters. The number of carbonyl (C=O) groups is 2. The Morgan fingerprint density at radius 3 is 2.00 bits per heavy atom. The lowest BCUT2D eigenvalue weighted by molar-refractivity contribution is -0.123. The summed E-state index contributed by atoms with van der Waals surface area (Å²) in [6.07, 6.45) is 0. The normalized spacial score (nSPS) is 15.1. The molecule has 2 N–H and O–H groups in total. The van der Waals surface area contributed by atoms with E-state index in [-0.39, 0.29) is 24.2 Å². The van der Waals surface area contributed by atoms with E-state index in [1.165, 1.54) is 17.7 Å². The second-order valence-corrected chi connectivity index (χ2v) is 7.37. The first-order valence-electron chi connectivity index (χ1n) is 9.80. The van der Waals surface area contributed by atoms with Gasteiger partial charge in [-0.25, -0.2) is 4.39 Å². The van der Waals surface area contributed by atoms with Crippen LogP contribution in [0.2, 0.25) is 0 Å². The first-order valence-corrected chi connectivity index (χ1v) is 9.80. The van der Waals surface area contributed by atoms with Gasteiger partial charge in [0.15, 0.2) is 0 Å². The summed E-state index contributed by atoms with van der Waals surface area (Å²) in [7, 11) is 0. The summed E-state index contributed by atoms with van der Waals surface area (Å²) in [5, 5.41) is 5.73. The van der Waals surface area contributed by atoms with Gasteiger partial charge in [0.1, 0.15) is 5.82 Å². The van der Waals surface area contributed by atoms with Gasteiger partial charge in [-0.3, -0.25) is 19.4 Å². The molecule has 2 aromatic rings. The average molecular weight is 398 g/mol. The van der Waals surface area contributed by atoms with Crippen LogP contribution in [0, 0.1) is 12.7 Å². The van der Waals surface area contributed by atoms with Gasteiger partial charge < -0.3 is 10.6 Å². The smallest absolute Gasteiger partial charge is 0.238 e. The highest BCUT2D eigenvalue weighted by Crippen LogP contribution is 2.09. The van der Waals surface area contributed by atoms with Crippen LogP contribution in [0.1, 0.15) is 11.1 Å². The monoisotopic (exact) mass is 398 g/mol. The van der Waals surface area contributed by atoms with Gasteiger partial charge in [-0.1, -0.05) is 29.8 Å². The molecule has 1 heterocycles. The summed E-state index contributed by atoms with van der Waals surface area (Å²) in [5.41, 5.74) is 2.87. The van der Waals surface area contributed by atoms with Gasteiger partial charge in [0.25, 0.3) is 0 Å². The Morgan fingerprint density at radius 1 is 0.862 bits per heavy atom. The number of piperazine rings is 1. The van der Waals surface area contributed by atoms with Crippen LogP contribution in [0.5, 0.6) is 0 Å². The Kier molecular flexibility index (Phi) is 7.32. The number of hydrogen-bond acceptors (Lipinski definition) is 4. The lowest BCUT2D eigenvalue weighted by Gasteiger charge is -2.33. The number of nitrogens with zero attached hydrogens (tertiary/aromatic N) is 2. The highest BCUT2D eigenvalue weighted by atomic mass is 19.1. The zero-order valence-corrected chi connectivity index (χ0v) is 16.7. The number of carbonyl (C=O) groups excluding carboxylic acids is 2. The van der Waals surface area contributed by atoms with Crippen molar-refractivity contribution in [1.29, 1.82) is 0 Å². The third kappa shape index (κ3) is 6.96. The van der Waals surface area contributed by atoms with Crippen LogP contribution in [0.15, 0.2) is 48.5 Å². The molecule has 0 unspecified atom stereocenters. The number of benzene rings is 2. The van der Waals surface area contributed by atoms with Gasteiger partial charge in [-0.2, -0.15) is 0 Å². The first kappa shape index (κ1) is 21.0. The molecule has 2 aromatic carbocycles. The first-order chi connectivity index (χ1) is 14.0. The van der Waals surface area contributed by atoms with E-state index in [9.17, 15) is 14.0 Å². The van der Waals surface area contributed by atoms with Crippen molar-refractivity contribution < 1.29 is 14.0 Å². The van der Waals surface area contributed by atoms with Crippen LogP contribution in [-0.2, 0) is 16.1 Å². The highest BCUT2D eigenvalue weighted by molar-refractivity contribution is 5.92. The summed E-state index contributed by atoms with van der Waals surface area (Å²) in [6.45, 7) is 6.14. The van der Waals surface area contributed by atoms with Gasteiger partial charge >= 0.3 is 0 Å². The van der Waals surface area contributed by atoms with Crippen LogP contribution >= 0.6 is 0 Å². The SMILES string of the molecule is Cc1ccc(CNC(=O)CN2CCN(CC(=O)Nc3ccc(F)cc3)CC2)cc1. The fourth-order valence-corrected chi connectivity index (χ4v) is 3.21. The van der Waals surface area contributed by atoms with E-state index >= 15 is 0 Å². The molecule has 7 heteroatoms. The molecule has 29 heavy (non-hydrogen) atoms. The van der Waals surface area contributed by atoms with Crippen molar-refractivity contribution in [2.45, 2.75) is 13.5 Å². The van der Waals surface area contributed by atoms with Gasteiger partial charge in [0.2, 0.25) is 11.8 Å². The van der Waals surface area contributed by atoms with E-state index in [0.717, 1.165) is 31.7 Å². The van der Waals surface area contributed by atoms with Crippen LogP contribution < -0.4 is 10.6 Å². The molecule has 0 spiro atoms. The predicted octanol–water partition coefficient (Wildman–Crippen LogP) is 2.01. The summed E-state index contributed by atoms with van der Waals surface area (Å²) in [6, 6.07) is 13.8. The molecule has 0 aliphatic carbocycles. The molecule has 3 rings (SSSR count). The Hall–Kier alpha value is -2.77. The maximum atomic E-state index is 12.9. The minimum absolute atomic E-state index is 0.00748. The number of nitrogens with one attached hydrogen (secondary N) is 2. The molecule has 0 radical (unpaired) electrons. The number of hydrogen-bond donors (Lipinski definition) is 2. The number of aryl methyl sites for hydroxylation is 1. The molecule has 0 aromatic heterocycles. The van der Waals surface area contributed by atoms with Crippen LogP contribution in [0.4, 0.5) is 10.1 Å². The topological polar surface area (TPSA) is 64.7 Å². The third-order valence-corrected chi connectivity index (χ3v) is 4.94. The molecule has 6 nitrogen and oxygen atoms in total. The van der Waals surface area contributed by atoms with E-state index < -0.39 is 0 Å². The lowest BCUT2D eigenvalue weighted by Crippen LogP contribution is -2.50. The largest absolute Gasteiger partial charge is 0.351 e. The van der Waals surface area contributed by atoms with Crippen molar-refractivity contribution in [3.8, 4) is 0 Å². The summed E-state index contributed by atoms with van der Waals surface area (Å²) in [4.78, 5) is 28.5. The molecule has 1 saturated heterocycles. The van der Waals surface area contributed by atoms with Crippen molar-refractivity contribution in [1.82, 2.24) is 15.1 Å². The van der Waals surface area contributed by atoms with Crippen LogP contribution in [0.25, 0.3) is 0 Å². The number of anilines is 1. The number of halogens is 1. The van der Waals surface area contributed by atoms with Crippen molar-refractivity contribution >= 4 is 17.5 Å². The molecule has 1 fully saturated rings. The molecule has 1 aliphatic rings. The van der Waals surface area contributed by atoms with Gasteiger partial charge in [-0.15, -0.1) is 0 Å². The zero-order valence-electron chi connectivity index (χ0n) is 16.7.